The maximum Gasteiger partial charge on any atom is 0.0298 e. The van der Waals surface area contributed by atoms with Crippen molar-refractivity contribution in [3.05, 3.63) is 0 Å². The Labute approximate surface area is 236 Å². The second-order valence-corrected chi connectivity index (χ2v) is 24.8. The van der Waals surface area contributed by atoms with Gasteiger partial charge in [0.2, 0.25) is 0 Å². The minimum atomic E-state index is 0.359. The van der Waals surface area contributed by atoms with Crippen LogP contribution in [0.5, 0.6) is 0 Å². The van der Waals surface area contributed by atoms with Gasteiger partial charge in [-0.15, -0.1) is 0 Å². The normalized spacial score (nSPS) is 66.0. The van der Waals surface area contributed by atoms with E-state index in [-0.39, 0.29) is 0 Å². The summed E-state index contributed by atoms with van der Waals surface area (Å²) in [7, 11) is 0. The summed E-state index contributed by atoms with van der Waals surface area (Å²) in [6.07, 6.45) is 15.3. The first-order valence-corrected chi connectivity index (χ1v) is 16.3. The summed E-state index contributed by atoms with van der Waals surface area (Å²) in [6, 6.07) is 0. The maximum atomic E-state index is 3.97. The molecule has 0 saturated heterocycles. The summed E-state index contributed by atoms with van der Waals surface area (Å²) in [6.45, 7) is 0. The molecule has 0 aliphatic heterocycles. The molecule has 8 fully saturated rings. The third-order valence-electron chi connectivity index (χ3n) is 7.60. The SMILES string of the molecule is BrC12CC3(Br)CC(Br)(C1)CC(Br)(C2)C3.BrC12CC3(Br)CC(Br)(C1)CC(Br)(C2)C3. The van der Waals surface area contributed by atoms with E-state index in [4.69, 9.17) is 0 Å². The van der Waals surface area contributed by atoms with Gasteiger partial charge in [0.1, 0.15) is 0 Å². The van der Waals surface area contributed by atoms with E-state index in [0.717, 1.165) is 0 Å². The first kappa shape index (κ1) is 23.6. The highest BCUT2D eigenvalue weighted by Crippen LogP contribution is 2.71. The summed E-state index contributed by atoms with van der Waals surface area (Å²) in [5, 5.41) is 0. The monoisotopic (exact) mass is 896 g/mol. The molecule has 0 radical (unpaired) electrons. The Morgan fingerprint density at radius 3 is 0.357 bits per heavy atom. The minimum absolute atomic E-state index is 0.359. The summed E-state index contributed by atoms with van der Waals surface area (Å²) < 4.78 is 2.88. The van der Waals surface area contributed by atoms with E-state index in [9.17, 15) is 0 Å². The van der Waals surface area contributed by atoms with Gasteiger partial charge in [0.15, 0.2) is 0 Å². The fraction of sp³-hybridized carbons (Fsp3) is 1.00. The van der Waals surface area contributed by atoms with Crippen molar-refractivity contribution >= 4 is 127 Å². The molecule has 0 atom stereocenters. The van der Waals surface area contributed by atoms with Gasteiger partial charge < -0.3 is 0 Å². The molecule has 8 bridgehead atoms. The van der Waals surface area contributed by atoms with E-state index in [0.29, 0.717) is 34.6 Å². The molecule has 0 aromatic heterocycles. The smallest absolute Gasteiger partial charge is 0.0298 e. The standard InChI is InChI=1S/2C10H12Br4/c2*11-7-1-8(12)4-9(13,2-7)6-10(14,3-7)5-8/h2*1-6H2. The second-order valence-electron chi connectivity index (χ2n) is 11.3. The van der Waals surface area contributed by atoms with Crippen LogP contribution in [-0.4, -0.2) is 34.6 Å². The van der Waals surface area contributed by atoms with E-state index in [1.807, 2.05) is 0 Å². The molecule has 160 valence electrons. The van der Waals surface area contributed by atoms with Crippen molar-refractivity contribution < 1.29 is 0 Å². The summed E-state index contributed by atoms with van der Waals surface area (Å²) in [4.78, 5) is 0. The predicted molar refractivity (Wildman–Crippen MR) is 149 cm³/mol. The van der Waals surface area contributed by atoms with Crippen LogP contribution in [0.1, 0.15) is 77.0 Å². The maximum absolute atomic E-state index is 3.97. The molecular weight excluding hydrogens is 879 g/mol. The first-order valence-electron chi connectivity index (χ1n) is 10.00. The Morgan fingerprint density at radius 2 is 0.286 bits per heavy atom. The topological polar surface area (TPSA) is 0 Å². The molecule has 0 nitrogen and oxygen atoms in total. The predicted octanol–water partition coefficient (Wildman–Crippen LogP) is 9.81. The average molecular weight is 904 g/mol. The first-order chi connectivity index (χ1) is 12.5. The average Bonchev–Trinajstić information content (AvgIpc) is 2.21. The van der Waals surface area contributed by atoms with Crippen LogP contribution in [0.3, 0.4) is 0 Å². The van der Waals surface area contributed by atoms with Crippen LogP contribution in [0.2, 0.25) is 0 Å². The van der Waals surface area contributed by atoms with Crippen molar-refractivity contribution in [3.63, 3.8) is 0 Å². The van der Waals surface area contributed by atoms with Gasteiger partial charge in [0.25, 0.3) is 0 Å². The molecule has 0 heterocycles. The zero-order chi connectivity index (χ0) is 20.5. The van der Waals surface area contributed by atoms with E-state index in [2.05, 4.69) is 127 Å². The Kier molecular flexibility index (Phi) is 5.67. The summed E-state index contributed by atoms with van der Waals surface area (Å²) in [5.74, 6) is 0. The quantitative estimate of drug-likeness (QED) is 0.213. The molecule has 28 heavy (non-hydrogen) atoms. The lowest BCUT2D eigenvalue weighted by atomic mass is 9.56. The van der Waals surface area contributed by atoms with Crippen molar-refractivity contribution in [2.75, 3.05) is 0 Å². The fourth-order valence-corrected chi connectivity index (χ4v) is 25.7. The molecule has 8 rings (SSSR count). The van der Waals surface area contributed by atoms with Gasteiger partial charge >= 0.3 is 0 Å². The van der Waals surface area contributed by atoms with E-state index < -0.39 is 0 Å². The third kappa shape index (κ3) is 4.32. The number of alkyl halides is 8. The molecule has 8 aliphatic carbocycles. The van der Waals surface area contributed by atoms with Crippen LogP contribution < -0.4 is 0 Å². The van der Waals surface area contributed by atoms with Crippen molar-refractivity contribution in [1.82, 2.24) is 0 Å². The summed E-state index contributed by atoms with van der Waals surface area (Å²) >= 11 is 31.8. The highest BCUT2D eigenvalue weighted by Gasteiger charge is 2.67. The number of hydrogen-bond donors (Lipinski definition) is 0. The minimum Gasteiger partial charge on any atom is -0.0852 e. The Hall–Kier alpha value is 3.84. The molecule has 0 amide bonds. The zero-order valence-corrected chi connectivity index (χ0v) is 28.2. The molecule has 0 aromatic carbocycles. The molecule has 0 unspecified atom stereocenters. The van der Waals surface area contributed by atoms with Crippen LogP contribution >= 0.6 is 127 Å². The highest BCUT2D eigenvalue weighted by molar-refractivity contribution is 9.12. The third-order valence-corrected chi connectivity index (χ3v) is 14.3. The lowest BCUT2D eigenvalue weighted by molar-refractivity contribution is 0.112. The Bertz CT molecular complexity index is 470. The molecule has 8 heteroatoms. The highest BCUT2D eigenvalue weighted by atomic mass is 79.9. The molecule has 0 aromatic rings. The van der Waals surface area contributed by atoms with Gasteiger partial charge in [-0.1, -0.05) is 127 Å². The van der Waals surface area contributed by atoms with Gasteiger partial charge in [-0.2, -0.15) is 0 Å². The Morgan fingerprint density at radius 1 is 0.214 bits per heavy atom. The van der Waals surface area contributed by atoms with Gasteiger partial charge in [0.05, 0.1) is 0 Å². The molecular formula is C20H24Br8. The van der Waals surface area contributed by atoms with Gasteiger partial charge in [-0.05, 0) is 77.0 Å². The van der Waals surface area contributed by atoms with Crippen molar-refractivity contribution in [2.24, 2.45) is 0 Å². The zero-order valence-electron chi connectivity index (χ0n) is 15.5. The van der Waals surface area contributed by atoms with E-state index in [1.54, 1.807) is 0 Å². The molecule has 0 N–H and O–H groups in total. The van der Waals surface area contributed by atoms with Gasteiger partial charge in [-0.3, -0.25) is 0 Å². The van der Waals surface area contributed by atoms with Crippen LogP contribution in [0.25, 0.3) is 0 Å². The Balaban J connectivity index is 0.000000122. The van der Waals surface area contributed by atoms with Crippen LogP contribution in [0.15, 0.2) is 0 Å². The molecule has 8 aliphatic rings. The van der Waals surface area contributed by atoms with Crippen molar-refractivity contribution in [3.8, 4) is 0 Å². The lowest BCUT2D eigenvalue weighted by Crippen LogP contribution is -2.64. The van der Waals surface area contributed by atoms with Crippen LogP contribution in [-0.2, 0) is 0 Å². The molecule has 8 saturated carbocycles. The van der Waals surface area contributed by atoms with Crippen LogP contribution in [0.4, 0.5) is 0 Å². The van der Waals surface area contributed by atoms with E-state index >= 15 is 0 Å². The number of halogens is 8. The van der Waals surface area contributed by atoms with Crippen molar-refractivity contribution in [2.45, 2.75) is 112 Å². The van der Waals surface area contributed by atoms with E-state index in [1.165, 1.54) is 77.0 Å². The van der Waals surface area contributed by atoms with Crippen LogP contribution in [0, 0.1) is 0 Å². The van der Waals surface area contributed by atoms with Crippen molar-refractivity contribution in [1.29, 1.82) is 0 Å². The fourth-order valence-electron chi connectivity index (χ4n) is 8.31. The summed E-state index contributed by atoms with van der Waals surface area (Å²) in [5.41, 5.74) is 0. The molecule has 0 spiro atoms. The van der Waals surface area contributed by atoms with Gasteiger partial charge in [0, 0.05) is 34.6 Å². The largest absolute Gasteiger partial charge is 0.0852 e. The second kappa shape index (κ2) is 6.74. The lowest BCUT2D eigenvalue weighted by Gasteiger charge is -2.65. The number of rotatable bonds is 0. The number of hydrogen-bond acceptors (Lipinski definition) is 0. The van der Waals surface area contributed by atoms with Gasteiger partial charge in [-0.25, -0.2) is 0 Å².